The van der Waals surface area contributed by atoms with Gasteiger partial charge in [0.05, 0.1) is 15.2 Å². The van der Waals surface area contributed by atoms with Crippen LogP contribution in [0.15, 0.2) is 60.7 Å². The monoisotopic (exact) mass is 537 g/mol. The summed E-state index contributed by atoms with van der Waals surface area (Å²) in [5.74, 6) is 2.46. The zero-order valence-electron chi connectivity index (χ0n) is 23.5. The summed E-state index contributed by atoms with van der Waals surface area (Å²) in [7, 11) is 1.11. The molecule has 0 N–H and O–H groups in total. The Labute approximate surface area is 227 Å². The highest BCUT2D eigenvalue weighted by atomic mass is 28.3. The average molecular weight is 538 g/mol. The Hall–Kier alpha value is -3.49. The van der Waals surface area contributed by atoms with Crippen LogP contribution in [0.25, 0.3) is 0 Å². The van der Waals surface area contributed by atoms with Crippen molar-refractivity contribution in [2.45, 2.75) is 40.1 Å². The van der Waals surface area contributed by atoms with E-state index in [4.69, 9.17) is 23.7 Å². The van der Waals surface area contributed by atoms with Crippen LogP contribution in [0.4, 0.5) is 0 Å². The first-order valence-electron chi connectivity index (χ1n) is 12.8. The Kier molecular flexibility index (Phi) is 10.2. The molecule has 3 aromatic carbocycles. The smallest absolute Gasteiger partial charge is 0.261 e. The van der Waals surface area contributed by atoms with E-state index >= 15 is 0 Å². The van der Waals surface area contributed by atoms with Gasteiger partial charge in [-0.1, -0.05) is 56.0 Å². The van der Waals surface area contributed by atoms with E-state index in [-0.39, 0.29) is 12.7 Å². The molecule has 0 fully saturated rings. The van der Waals surface area contributed by atoms with E-state index in [2.05, 4.69) is 19.6 Å². The lowest BCUT2D eigenvalue weighted by atomic mass is 10.1. The molecule has 8 heteroatoms. The quantitative estimate of drug-likeness (QED) is 0.195. The molecule has 0 radical (unpaired) electrons. The summed E-state index contributed by atoms with van der Waals surface area (Å²) in [6.45, 7) is 12.1. The second-order valence-electron chi connectivity index (χ2n) is 9.79. The van der Waals surface area contributed by atoms with Crippen molar-refractivity contribution in [3.05, 3.63) is 71.8 Å². The Balaban J connectivity index is 2.09. The third kappa shape index (κ3) is 7.08. The number of hydrogen-bond acceptors (Lipinski definition) is 6. The van der Waals surface area contributed by atoms with Gasteiger partial charge in [-0.25, -0.2) is 0 Å². The first-order valence-corrected chi connectivity index (χ1v) is 16.3. The van der Waals surface area contributed by atoms with Crippen molar-refractivity contribution >= 4 is 19.2 Å². The molecule has 0 spiro atoms. The molecule has 0 saturated carbocycles. The molecule has 0 aliphatic carbocycles. The molecule has 0 saturated heterocycles. The highest BCUT2D eigenvalue weighted by Gasteiger charge is 2.34. The largest absolute Gasteiger partial charge is 0.496 e. The number of hydrogen-bond donors (Lipinski definition) is 0. The summed E-state index contributed by atoms with van der Waals surface area (Å²) in [4.78, 5) is 15.6. The molecule has 38 heavy (non-hydrogen) atoms. The fraction of sp³-hybridized carbons (Fsp3) is 0.367. The van der Waals surface area contributed by atoms with E-state index in [1.165, 1.54) is 0 Å². The molecule has 7 nitrogen and oxygen atoms in total. The van der Waals surface area contributed by atoms with Crippen LogP contribution in [0.2, 0.25) is 19.6 Å². The van der Waals surface area contributed by atoms with E-state index in [0.717, 1.165) is 10.8 Å². The molecule has 0 bridgehead atoms. The van der Waals surface area contributed by atoms with Crippen LogP contribution in [-0.2, 0) is 11.3 Å². The maximum absolute atomic E-state index is 13.8. The summed E-state index contributed by atoms with van der Waals surface area (Å²) in [5, 5.41) is 0.903. The van der Waals surface area contributed by atoms with Crippen molar-refractivity contribution in [2.24, 2.45) is 0 Å². The summed E-state index contributed by atoms with van der Waals surface area (Å²) in [6.07, 6.45) is 0. The minimum absolute atomic E-state index is 0.0617. The van der Waals surface area contributed by atoms with Gasteiger partial charge in [0, 0.05) is 37.5 Å². The molecule has 0 atom stereocenters. The van der Waals surface area contributed by atoms with Crippen molar-refractivity contribution in [1.82, 2.24) is 4.90 Å². The predicted octanol–water partition coefficient (Wildman–Crippen LogP) is 6.08. The van der Waals surface area contributed by atoms with E-state index in [1.54, 1.807) is 25.2 Å². The van der Waals surface area contributed by atoms with Crippen molar-refractivity contribution in [2.75, 3.05) is 34.1 Å². The summed E-state index contributed by atoms with van der Waals surface area (Å²) >= 11 is 0. The lowest BCUT2D eigenvalue weighted by Crippen LogP contribution is -2.41. The molecule has 0 unspecified atom stereocenters. The Morgan fingerprint density at radius 2 is 1.53 bits per heavy atom. The second kappa shape index (κ2) is 13.3. The van der Waals surface area contributed by atoms with Crippen LogP contribution < -0.4 is 24.1 Å². The fourth-order valence-electron chi connectivity index (χ4n) is 4.21. The number of carbonyl (C=O) groups is 1. The maximum Gasteiger partial charge on any atom is 0.261 e. The van der Waals surface area contributed by atoms with E-state index in [1.807, 2.05) is 68.4 Å². The van der Waals surface area contributed by atoms with Gasteiger partial charge in [-0.3, -0.25) is 4.79 Å². The molecular formula is C30H39NO6Si. The summed E-state index contributed by atoms with van der Waals surface area (Å²) in [6, 6.07) is 19.1. The van der Waals surface area contributed by atoms with Crippen molar-refractivity contribution in [3.8, 4) is 28.7 Å². The maximum atomic E-state index is 13.8. The van der Waals surface area contributed by atoms with Gasteiger partial charge in [0.15, 0.2) is 6.79 Å². The third-order valence-corrected chi connectivity index (χ3v) is 8.02. The van der Waals surface area contributed by atoms with Crippen LogP contribution in [0.3, 0.4) is 0 Å². The first kappa shape index (κ1) is 29.1. The standard InChI is InChI=1S/C30H39NO6Si/c1-8-31(9-2)30(32)27-25(19-26(36-21-33-3)29(28(27)34-4)38(5,6)7)37-24-17-13-16-23(18-24)35-20-22-14-11-10-12-15-22/h10-19H,8-9,20-21H2,1-7H3. The van der Waals surface area contributed by atoms with Crippen LogP contribution in [0.1, 0.15) is 29.8 Å². The molecule has 3 aromatic rings. The molecule has 0 heterocycles. The van der Waals surface area contributed by atoms with Gasteiger partial charge in [-0.05, 0) is 31.5 Å². The highest BCUT2D eigenvalue weighted by Crippen LogP contribution is 2.39. The van der Waals surface area contributed by atoms with Crippen LogP contribution in [-0.4, -0.2) is 53.0 Å². The van der Waals surface area contributed by atoms with Gasteiger partial charge < -0.3 is 28.6 Å². The van der Waals surface area contributed by atoms with Crippen LogP contribution in [0, 0.1) is 0 Å². The van der Waals surface area contributed by atoms with E-state index in [9.17, 15) is 4.79 Å². The zero-order valence-corrected chi connectivity index (χ0v) is 24.5. The van der Waals surface area contributed by atoms with Gasteiger partial charge in [0.25, 0.3) is 5.91 Å². The molecule has 3 rings (SSSR count). The van der Waals surface area contributed by atoms with E-state index < -0.39 is 8.07 Å². The first-order chi connectivity index (χ1) is 18.2. The van der Waals surface area contributed by atoms with Crippen LogP contribution in [0.5, 0.6) is 28.7 Å². The SMILES string of the molecule is CCN(CC)C(=O)c1c(Oc2cccc(OCc3ccccc3)c2)cc(OCOC)c([Si](C)(C)C)c1OC. The number of nitrogens with zero attached hydrogens (tertiary/aromatic N) is 1. The zero-order chi connectivity index (χ0) is 27.7. The van der Waals surface area contributed by atoms with Crippen LogP contribution >= 0.6 is 0 Å². The summed E-state index contributed by atoms with van der Waals surface area (Å²) in [5.41, 5.74) is 1.45. The van der Waals surface area contributed by atoms with Gasteiger partial charge in [-0.2, -0.15) is 0 Å². The number of methoxy groups -OCH3 is 2. The predicted molar refractivity (Wildman–Crippen MR) is 153 cm³/mol. The molecule has 204 valence electrons. The average Bonchev–Trinajstić information content (AvgIpc) is 2.91. The molecule has 0 aromatic heterocycles. The van der Waals surface area contributed by atoms with Gasteiger partial charge >= 0.3 is 0 Å². The highest BCUT2D eigenvalue weighted by molar-refractivity contribution is 6.90. The van der Waals surface area contributed by atoms with Crippen molar-refractivity contribution in [3.63, 3.8) is 0 Å². The topological polar surface area (TPSA) is 66.5 Å². The lowest BCUT2D eigenvalue weighted by molar-refractivity contribution is 0.0515. The number of carbonyl (C=O) groups excluding carboxylic acids is 1. The molecule has 0 aliphatic rings. The number of rotatable bonds is 13. The third-order valence-electron chi connectivity index (χ3n) is 6.04. The Morgan fingerprint density at radius 3 is 2.13 bits per heavy atom. The van der Waals surface area contributed by atoms with Gasteiger partial charge in [0.2, 0.25) is 0 Å². The minimum atomic E-state index is -2.04. The number of benzene rings is 3. The minimum Gasteiger partial charge on any atom is -0.496 e. The lowest BCUT2D eigenvalue weighted by Gasteiger charge is -2.28. The number of amides is 1. The van der Waals surface area contributed by atoms with Crippen molar-refractivity contribution < 1.29 is 28.5 Å². The second-order valence-corrected chi connectivity index (χ2v) is 14.8. The van der Waals surface area contributed by atoms with Gasteiger partial charge in [0.1, 0.15) is 40.9 Å². The Bertz CT molecular complexity index is 1210. The number of ether oxygens (including phenoxy) is 5. The summed E-state index contributed by atoms with van der Waals surface area (Å²) < 4.78 is 29.5. The molecular weight excluding hydrogens is 498 g/mol. The van der Waals surface area contributed by atoms with E-state index in [0.29, 0.717) is 54.0 Å². The van der Waals surface area contributed by atoms with Crippen molar-refractivity contribution in [1.29, 1.82) is 0 Å². The fourth-order valence-corrected chi connectivity index (χ4v) is 6.00. The Morgan fingerprint density at radius 1 is 0.842 bits per heavy atom. The molecule has 0 aliphatic heterocycles. The normalized spacial score (nSPS) is 11.1. The molecule has 1 amide bonds. The van der Waals surface area contributed by atoms with Gasteiger partial charge in [-0.15, -0.1) is 0 Å².